The zero-order valence-electron chi connectivity index (χ0n) is 14.6. The number of anilines is 3. The molecular formula is C20H19N3O2S2. The van der Waals surface area contributed by atoms with Crippen molar-refractivity contribution >= 4 is 44.4 Å². The van der Waals surface area contributed by atoms with E-state index in [0.717, 1.165) is 11.3 Å². The van der Waals surface area contributed by atoms with Gasteiger partial charge in [-0.25, -0.2) is 8.42 Å². The molecule has 138 valence electrons. The summed E-state index contributed by atoms with van der Waals surface area (Å²) in [6.45, 7) is 2.00. The van der Waals surface area contributed by atoms with Crippen LogP contribution in [0.1, 0.15) is 5.56 Å². The van der Waals surface area contributed by atoms with Crippen molar-refractivity contribution in [3.05, 3.63) is 84.4 Å². The van der Waals surface area contributed by atoms with Crippen molar-refractivity contribution in [2.45, 2.75) is 11.8 Å². The average molecular weight is 398 g/mol. The second-order valence-electron chi connectivity index (χ2n) is 5.94. The van der Waals surface area contributed by atoms with Gasteiger partial charge in [0.1, 0.15) is 0 Å². The quantitative estimate of drug-likeness (QED) is 0.549. The highest BCUT2D eigenvalue weighted by molar-refractivity contribution is 7.92. The van der Waals surface area contributed by atoms with Crippen LogP contribution in [0.15, 0.2) is 83.8 Å². The lowest BCUT2D eigenvalue weighted by molar-refractivity contribution is 0.601. The molecule has 0 spiro atoms. The lowest BCUT2D eigenvalue weighted by Crippen LogP contribution is -2.19. The van der Waals surface area contributed by atoms with Crippen LogP contribution in [-0.2, 0) is 10.0 Å². The molecule has 0 saturated carbocycles. The molecule has 0 aromatic heterocycles. The smallest absolute Gasteiger partial charge is 0.261 e. The summed E-state index contributed by atoms with van der Waals surface area (Å²) in [5.74, 6) is 0. The van der Waals surface area contributed by atoms with Gasteiger partial charge in [0.2, 0.25) is 0 Å². The van der Waals surface area contributed by atoms with Crippen molar-refractivity contribution in [1.82, 2.24) is 0 Å². The second kappa shape index (κ2) is 8.20. The van der Waals surface area contributed by atoms with Gasteiger partial charge in [-0.05, 0) is 73.2 Å². The van der Waals surface area contributed by atoms with Crippen LogP contribution in [0.25, 0.3) is 0 Å². The van der Waals surface area contributed by atoms with E-state index in [-0.39, 0.29) is 4.90 Å². The Hall–Kier alpha value is -2.90. The Morgan fingerprint density at radius 1 is 0.778 bits per heavy atom. The molecule has 0 radical (unpaired) electrons. The molecule has 0 atom stereocenters. The number of hydrogen-bond acceptors (Lipinski definition) is 3. The van der Waals surface area contributed by atoms with Crippen LogP contribution in [0, 0.1) is 6.92 Å². The van der Waals surface area contributed by atoms with Crippen LogP contribution in [0.4, 0.5) is 17.1 Å². The summed E-state index contributed by atoms with van der Waals surface area (Å²) < 4.78 is 27.4. The molecule has 0 aliphatic heterocycles. The number of aryl methyl sites for hydroxylation is 1. The van der Waals surface area contributed by atoms with Gasteiger partial charge < -0.3 is 10.6 Å². The predicted molar refractivity (Wildman–Crippen MR) is 115 cm³/mol. The molecule has 0 heterocycles. The number of thiocarbonyl (C=S) groups is 1. The number of para-hydroxylation sites is 1. The molecule has 7 heteroatoms. The van der Waals surface area contributed by atoms with Crippen molar-refractivity contribution in [2.24, 2.45) is 0 Å². The first kappa shape index (κ1) is 18.9. The van der Waals surface area contributed by atoms with Crippen LogP contribution in [-0.4, -0.2) is 13.5 Å². The van der Waals surface area contributed by atoms with Crippen molar-refractivity contribution in [3.63, 3.8) is 0 Å². The molecule has 0 saturated heterocycles. The van der Waals surface area contributed by atoms with Crippen molar-refractivity contribution in [3.8, 4) is 0 Å². The fourth-order valence-corrected chi connectivity index (χ4v) is 3.75. The van der Waals surface area contributed by atoms with Gasteiger partial charge in [-0.1, -0.05) is 30.3 Å². The molecule has 5 nitrogen and oxygen atoms in total. The molecule has 0 amide bonds. The minimum absolute atomic E-state index is 0.175. The maximum absolute atomic E-state index is 12.4. The number of rotatable bonds is 5. The van der Waals surface area contributed by atoms with E-state index in [4.69, 9.17) is 12.2 Å². The molecule has 0 unspecified atom stereocenters. The van der Waals surface area contributed by atoms with Crippen molar-refractivity contribution in [1.29, 1.82) is 0 Å². The largest absolute Gasteiger partial charge is 0.332 e. The SMILES string of the molecule is Cc1cccc(NC(=S)Nc2ccc(S(=O)(=O)Nc3ccccc3)cc2)c1. The van der Waals surface area contributed by atoms with Crippen LogP contribution in [0.2, 0.25) is 0 Å². The summed E-state index contributed by atoms with van der Waals surface area (Å²) in [4.78, 5) is 0.175. The van der Waals surface area contributed by atoms with Crippen LogP contribution >= 0.6 is 12.2 Å². The zero-order chi connectivity index (χ0) is 19.3. The van der Waals surface area contributed by atoms with E-state index >= 15 is 0 Å². The van der Waals surface area contributed by atoms with E-state index < -0.39 is 10.0 Å². The average Bonchev–Trinajstić information content (AvgIpc) is 2.62. The standard InChI is InChI=1S/C20H19N3O2S2/c1-15-6-5-9-18(14-15)22-20(26)21-16-10-12-19(13-11-16)27(24,25)23-17-7-3-2-4-8-17/h2-14,23H,1H3,(H2,21,22,26). The second-order valence-corrected chi connectivity index (χ2v) is 8.04. The number of benzene rings is 3. The number of hydrogen-bond donors (Lipinski definition) is 3. The molecule has 0 aliphatic rings. The molecule has 0 aliphatic carbocycles. The molecule has 0 fully saturated rings. The van der Waals surface area contributed by atoms with Gasteiger partial charge in [0.25, 0.3) is 10.0 Å². The Bertz CT molecular complexity index is 1030. The van der Waals surface area contributed by atoms with E-state index in [1.54, 1.807) is 36.4 Å². The lowest BCUT2D eigenvalue weighted by Gasteiger charge is -2.12. The van der Waals surface area contributed by atoms with Crippen molar-refractivity contribution in [2.75, 3.05) is 15.4 Å². The fraction of sp³-hybridized carbons (Fsp3) is 0.0500. The summed E-state index contributed by atoms with van der Waals surface area (Å²) in [6, 6.07) is 23.0. The highest BCUT2D eigenvalue weighted by Gasteiger charge is 2.14. The molecule has 3 aromatic carbocycles. The van der Waals surface area contributed by atoms with Gasteiger partial charge in [-0.3, -0.25) is 4.72 Å². The molecule has 27 heavy (non-hydrogen) atoms. The third-order valence-corrected chi connectivity index (χ3v) is 5.33. The highest BCUT2D eigenvalue weighted by Crippen LogP contribution is 2.18. The van der Waals surface area contributed by atoms with Crippen molar-refractivity contribution < 1.29 is 8.42 Å². The monoisotopic (exact) mass is 397 g/mol. The molecule has 3 N–H and O–H groups in total. The minimum atomic E-state index is -3.64. The third-order valence-electron chi connectivity index (χ3n) is 3.72. The van der Waals surface area contributed by atoms with Gasteiger partial charge in [-0.2, -0.15) is 0 Å². The van der Waals surface area contributed by atoms with E-state index in [0.29, 0.717) is 16.5 Å². The molecular weight excluding hydrogens is 378 g/mol. The Morgan fingerprint density at radius 3 is 2.07 bits per heavy atom. The van der Waals surface area contributed by atoms with Crippen LogP contribution in [0.3, 0.4) is 0 Å². The maximum Gasteiger partial charge on any atom is 0.261 e. The summed E-state index contributed by atoms with van der Waals surface area (Å²) in [7, 11) is -3.64. The molecule has 3 rings (SSSR count). The molecule has 0 bridgehead atoms. The van der Waals surface area contributed by atoms with Crippen LogP contribution < -0.4 is 15.4 Å². The van der Waals surface area contributed by atoms with E-state index in [1.165, 1.54) is 12.1 Å². The Morgan fingerprint density at radius 2 is 1.41 bits per heavy atom. The van der Waals surface area contributed by atoms with Gasteiger partial charge in [0.15, 0.2) is 5.11 Å². The van der Waals surface area contributed by atoms with Gasteiger partial charge in [-0.15, -0.1) is 0 Å². The lowest BCUT2D eigenvalue weighted by atomic mass is 10.2. The summed E-state index contributed by atoms with van der Waals surface area (Å²) in [5.41, 5.74) is 3.23. The maximum atomic E-state index is 12.4. The summed E-state index contributed by atoms with van der Waals surface area (Å²) >= 11 is 5.30. The first-order valence-corrected chi connectivity index (χ1v) is 10.1. The minimum Gasteiger partial charge on any atom is -0.332 e. The van der Waals surface area contributed by atoms with E-state index in [2.05, 4.69) is 15.4 Å². The first-order valence-electron chi connectivity index (χ1n) is 8.25. The Kier molecular flexibility index (Phi) is 5.73. The summed E-state index contributed by atoms with van der Waals surface area (Å²) in [5, 5.41) is 6.57. The normalized spacial score (nSPS) is 10.9. The number of nitrogens with one attached hydrogen (secondary N) is 3. The number of sulfonamides is 1. The Balaban J connectivity index is 1.65. The van der Waals surface area contributed by atoms with Gasteiger partial charge in [0, 0.05) is 17.1 Å². The Labute approximate surface area is 164 Å². The van der Waals surface area contributed by atoms with E-state index in [1.807, 2.05) is 37.3 Å². The fourth-order valence-electron chi connectivity index (χ4n) is 2.45. The predicted octanol–water partition coefficient (Wildman–Crippen LogP) is 4.60. The topological polar surface area (TPSA) is 70.2 Å². The highest BCUT2D eigenvalue weighted by atomic mass is 32.2. The van der Waals surface area contributed by atoms with Gasteiger partial charge in [0.05, 0.1) is 4.90 Å². The summed E-state index contributed by atoms with van der Waals surface area (Å²) in [6.07, 6.45) is 0. The van der Waals surface area contributed by atoms with Gasteiger partial charge >= 0.3 is 0 Å². The first-order chi connectivity index (χ1) is 12.9. The zero-order valence-corrected chi connectivity index (χ0v) is 16.3. The molecule has 3 aromatic rings. The third kappa shape index (κ3) is 5.29. The van der Waals surface area contributed by atoms with Crippen LogP contribution in [0.5, 0.6) is 0 Å². The van der Waals surface area contributed by atoms with E-state index in [9.17, 15) is 8.42 Å².